The van der Waals surface area contributed by atoms with Gasteiger partial charge in [-0.15, -0.1) is 0 Å². The molecule has 0 unspecified atom stereocenters. The fourth-order valence-electron chi connectivity index (χ4n) is 3.71. The van der Waals surface area contributed by atoms with Crippen molar-refractivity contribution in [3.63, 3.8) is 0 Å². The Labute approximate surface area is 167 Å². The molecule has 2 aromatic carbocycles. The molecule has 7 heteroatoms. The van der Waals surface area contributed by atoms with Gasteiger partial charge in [0, 0.05) is 35.7 Å². The smallest absolute Gasteiger partial charge is 0.253 e. The first kappa shape index (κ1) is 18.7. The van der Waals surface area contributed by atoms with Gasteiger partial charge in [-0.1, -0.05) is 12.1 Å². The van der Waals surface area contributed by atoms with E-state index in [4.69, 9.17) is 4.74 Å². The van der Waals surface area contributed by atoms with Crippen molar-refractivity contribution in [3.8, 4) is 23.1 Å². The van der Waals surface area contributed by atoms with Crippen LogP contribution in [0.5, 0.6) is 5.75 Å². The van der Waals surface area contributed by atoms with Gasteiger partial charge < -0.3 is 9.64 Å². The van der Waals surface area contributed by atoms with Crippen molar-refractivity contribution < 1.29 is 13.9 Å². The second kappa shape index (κ2) is 7.40. The highest BCUT2D eigenvalue weighted by molar-refractivity contribution is 5.96. The van der Waals surface area contributed by atoms with Gasteiger partial charge in [0.25, 0.3) is 5.91 Å². The van der Waals surface area contributed by atoms with Gasteiger partial charge in [-0.2, -0.15) is 10.4 Å². The molecule has 1 amide bonds. The number of carbonyl (C=O) groups is 1. The summed E-state index contributed by atoms with van der Waals surface area (Å²) in [6, 6.07) is 12.0. The molecule has 1 fully saturated rings. The second-order valence-corrected chi connectivity index (χ2v) is 7.06. The lowest BCUT2D eigenvalue weighted by Gasteiger charge is -2.40. The summed E-state index contributed by atoms with van der Waals surface area (Å²) in [5.41, 5.74) is 3.79. The van der Waals surface area contributed by atoms with Crippen LogP contribution in [0, 0.1) is 24.1 Å². The van der Waals surface area contributed by atoms with Crippen LogP contribution >= 0.6 is 0 Å². The van der Waals surface area contributed by atoms with Crippen LogP contribution in [0.2, 0.25) is 0 Å². The second-order valence-electron chi connectivity index (χ2n) is 7.06. The standard InChI is InChI=1S/C22H19FN4O2/c1-13-6-7-14(8-17(13)21-19(29-2)10-25-26-21)22(28)27-11-16(12-27)20-15(9-24)4-3-5-18(20)23/h3-8,10,16H,11-12H2,1-2H3,(H,25,26). The number of aromatic nitrogens is 2. The Morgan fingerprint density at radius 2 is 2.14 bits per heavy atom. The number of ether oxygens (including phenoxy) is 1. The normalized spacial score (nSPS) is 13.7. The van der Waals surface area contributed by atoms with Crippen LogP contribution in [0.1, 0.15) is 33.0 Å². The van der Waals surface area contributed by atoms with Gasteiger partial charge >= 0.3 is 0 Å². The van der Waals surface area contributed by atoms with Crippen LogP contribution in [0.3, 0.4) is 0 Å². The van der Waals surface area contributed by atoms with Gasteiger partial charge in [0.15, 0.2) is 5.75 Å². The molecule has 0 saturated carbocycles. The van der Waals surface area contributed by atoms with Crippen LogP contribution in [0.15, 0.2) is 42.6 Å². The Morgan fingerprint density at radius 3 is 2.86 bits per heavy atom. The van der Waals surface area contributed by atoms with E-state index in [1.165, 1.54) is 12.1 Å². The summed E-state index contributed by atoms with van der Waals surface area (Å²) in [4.78, 5) is 14.6. The van der Waals surface area contributed by atoms with Crippen molar-refractivity contribution >= 4 is 5.91 Å². The molecule has 1 aromatic heterocycles. The van der Waals surface area contributed by atoms with Crippen molar-refractivity contribution in [2.24, 2.45) is 0 Å². The average Bonchev–Trinajstić information content (AvgIpc) is 3.16. The number of carbonyl (C=O) groups excluding carboxylic acids is 1. The summed E-state index contributed by atoms with van der Waals surface area (Å²) in [6.45, 7) is 2.71. The zero-order valence-corrected chi connectivity index (χ0v) is 16.1. The molecule has 1 saturated heterocycles. The number of aryl methyl sites for hydroxylation is 1. The molecule has 29 heavy (non-hydrogen) atoms. The van der Waals surface area contributed by atoms with E-state index in [-0.39, 0.29) is 11.8 Å². The van der Waals surface area contributed by atoms with Crippen molar-refractivity contribution in [2.75, 3.05) is 20.2 Å². The Morgan fingerprint density at radius 1 is 1.34 bits per heavy atom. The number of hydrogen-bond acceptors (Lipinski definition) is 4. The third-order valence-electron chi connectivity index (χ3n) is 5.33. The summed E-state index contributed by atoms with van der Waals surface area (Å²) < 4.78 is 19.5. The van der Waals surface area contributed by atoms with E-state index in [2.05, 4.69) is 10.2 Å². The number of amides is 1. The number of nitrogens with one attached hydrogen (secondary N) is 1. The number of methoxy groups -OCH3 is 1. The predicted molar refractivity (Wildman–Crippen MR) is 105 cm³/mol. The molecule has 4 rings (SSSR count). The van der Waals surface area contributed by atoms with Crippen LogP contribution in [0.4, 0.5) is 4.39 Å². The Kier molecular flexibility index (Phi) is 4.77. The number of hydrogen-bond donors (Lipinski definition) is 1. The molecule has 1 N–H and O–H groups in total. The SMILES string of the molecule is COc1cn[nH]c1-c1cc(C(=O)N2CC(c3c(F)cccc3C#N)C2)ccc1C. The summed E-state index contributed by atoms with van der Waals surface area (Å²) in [7, 11) is 1.57. The Bertz CT molecular complexity index is 1130. The minimum Gasteiger partial charge on any atom is -0.493 e. The van der Waals surface area contributed by atoms with Gasteiger partial charge in [0.1, 0.15) is 11.5 Å². The maximum atomic E-state index is 14.2. The van der Waals surface area contributed by atoms with Crippen molar-refractivity contribution in [1.82, 2.24) is 15.1 Å². The van der Waals surface area contributed by atoms with Gasteiger partial charge in [-0.3, -0.25) is 9.89 Å². The van der Waals surface area contributed by atoms with Gasteiger partial charge in [0.2, 0.25) is 0 Å². The third kappa shape index (κ3) is 3.23. The van der Waals surface area contributed by atoms with Gasteiger partial charge in [0.05, 0.1) is 24.9 Å². The molecule has 0 bridgehead atoms. The zero-order valence-electron chi connectivity index (χ0n) is 16.1. The Balaban J connectivity index is 1.56. The lowest BCUT2D eigenvalue weighted by molar-refractivity contribution is 0.0598. The molecular weight excluding hydrogens is 371 g/mol. The summed E-state index contributed by atoms with van der Waals surface area (Å²) in [5, 5.41) is 16.2. The lowest BCUT2D eigenvalue weighted by Crippen LogP contribution is -2.49. The highest BCUT2D eigenvalue weighted by atomic mass is 19.1. The predicted octanol–water partition coefficient (Wildman–Crippen LogP) is 3.64. The van der Waals surface area contributed by atoms with Gasteiger partial charge in [-0.05, 0) is 36.8 Å². The molecule has 2 heterocycles. The summed E-state index contributed by atoms with van der Waals surface area (Å²) >= 11 is 0. The van der Waals surface area contributed by atoms with Gasteiger partial charge in [-0.25, -0.2) is 4.39 Å². The number of nitriles is 1. The molecule has 0 aliphatic carbocycles. The number of H-pyrrole nitrogens is 1. The number of aromatic amines is 1. The van der Waals surface area contributed by atoms with E-state index in [0.717, 1.165) is 11.1 Å². The lowest BCUT2D eigenvalue weighted by atomic mass is 9.87. The fourth-order valence-corrected chi connectivity index (χ4v) is 3.71. The molecule has 6 nitrogen and oxygen atoms in total. The maximum Gasteiger partial charge on any atom is 0.253 e. The van der Waals surface area contributed by atoms with Crippen LogP contribution in [-0.2, 0) is 0 Å². The minimum absolute atomic E-state index is 0.129. The molecule has 1 aliphatic heterocycles. The van der Waals surface area contributed by atoms with Crippen molar-refractivity contribution in [3.05, 3.63) is 70.7 Å². The van der Waals surface area contributed by atoms with Crippen LogP contribution in [0.25, 0.3) is 11.3 Å². The van der Waals surface area contributed by atoms with E-state index in [0.29, 0.717) is 41.2 Å². The molecule has 3 aromatic rings. The Hall–Kier alpha value is -3.66. The first-order valence-electron chi connectivity index (χ1n) is 9.19. The monoisotopic (exact) mass is 390 g/mol. The minimum atomic E-state index is -0.398. The van der Waals surface area contributed by atoms with Crippen molar-refractivity contribution in [2.45, 2.75) is 12.8 Å². The van der Waals surface area contributed by atoms with Crippen LogP contribution in [-0.4, -0.2) is 41.2 Å². The van der Waals surface area contributed by atoms with E-state index in [9.17, 15) is 14.4 Å². The average molecular weight is 390 g/mol. The number of halogens is 1. The zero-order chi connectivity index (χ0) is 20.5. The topological polar surface area (TPSA) is 82.0 Å². The quantitative estimate of drug-likeness (QED) is 0.737. The number of likely N-dealkylation sites (tertiary alicyclic amines) is 1. The highest BCUT2D eigenvalue weighted by Crippen LogP contribution is 2.34. The van der Waals surface area contributed by atoms with Crippen molar-refractivity contribution in [1.29, 1.82) is 5.26 Å². The maximum absolute atomic E-state index is 14.2. The van der Waals surface area contributed by atoms with E-state index >= 15 is 0 Å². The first-order valence-corrected chi connectivity index (χ1v) is 9.19. The molecule has 0 spiro atoms. The van der Waals surface area contributed by atoms with E-state index in [1.807, 2.05) is 25.1 Å². The number of nitrogens with zero attached hydrogens (tertiary/aromatic N) is 3. The molecule has 1 aliphatic rings. The molecule has 146 valence electrons. The van der Waals surface area contributed by atoms with E-state index < -0.39 is 5.82 Å². The first-order chi connectivity index (χ1) is 14.0. The number of rotatable bonds is 4. The fraction of sp³-hybridized carbons (Fsp3) is 0.227. The van der Waals surface area contributed by atoms with E-state index in [1.54, 1.807) is 30.3 Å². The third-order valence-corrected chi connectivity index (χ3v) is 5.33. The highest BCUT2D eigenvalue weighted by Gasteiger charge is 2.35. The summed E-state index contributed by atoms with van der Waals surface area (Å²) in [6.07, 6.45) is 1.59. The molecule has 0 atom stereocenters. The number of benzene rings is 2. The van der Waals surface area contributed by atoms with Crippen LogP contribution < -0.4 is 4.74 Å². The summed E-state index contributed by atoms with van der Waals surface area (Å²) in [5.74, 6) is -0.0985. The molecular formula is C22H19FN4O2. The largest absolute Gasteiger partial charge is 0.493 e. The molecule has 0 radical (unpaired) electrons.